The number of fused-ring (bicyclic) bond motifs is 1. The average Bonchev–Trinajstić information content (AvgIpc) is 2.96. The number of hydrogen-bond donors (Lipinski definition) is 1. The van der Waals surface area contributed by atoms with Gasteiger partial charge in [0.15, 0.2) is 0 Å². The molecule has 0 aromatic heterocycles. The Morgan fingerprint density at radius 2 is 1.57 bits per heavy atom. The van der Waals surface area contributed by atoms with Crippen LogP contribution in [0.2, 0.25) is 0 Å². The van der Waals surface area contributed by atoms with Gasteiger partial charge in [0, 0.05) is 6.54 Å². The van der Waals surface area contributed by atoms with Crippen LogP contribution in [0.15, 0.2) is 109 Å². The summed E-state index contributed by atoms with van der Waals surface area (Å²) in [4.78, 5) is 12.6. The van der Waals surface area contributed by atoms with E-state index in [1.54, 1.807) is 7.11 Å². The minimum absolute atomic E-state index is 0.0376. The lowest BCUT2D eigenvalue weighted by Crippen LogP contribution is -2.41. The van der Waals surface area contributed by atoms with Gasteiger partial charge in [0.05, 0.1) is 7.11 Å². The third-order valence-electron chi connectivity index (χ3n) is 6.30. The van der Waals surface area contributed by atoms with Gasteiger partial charge in [0.25, 0.3) is 0 Å². The van der Waals surface area contributed by atoms with E-state index in [0.29, 0.717) is 12.3 Å². The maximum absolute atomic E-state index is 12.6. The summed E-state index contributed by atoms with van der Waals surface area (Å²) in [5, 5.41) is 5.09. The van der Waals surface area contributed by atoms with Crippen LogP contribution in [0, 0.1) is 0 Å². The van der Waals surface area contributed by atoms with E-state index < -0.39 is 18.3 Å². The molecule has 0 spiro atoms. The molecule has 3 atom stereocenters. The predicted molar refractivity (Wildman–Crippen MR) is 143 cm³/mol. The molecule has 4 aromatic carbocycles. The Morgan fingerprint density at radius 1 is 0.838 bits per heavy atom. The molecule has 1 heterocycles. The van der Waals surface area contributed by atoms with Crippen LogP contribution in [0.1, 0.15) is 17.2 Å². The summed E-state index contributed by atoms with van der Waals surface area (Å²) < 4.78 is 23.3. The van der Waals surface area contributed by atoms with E-state index in [0.717, 1.165) is 27.6 Å². The van der Waals surface area contributed by atoms with Crippen molar-refractivity contribution in [3.8, 4) is 11.5 Å². The molecule has 0 fully saturated rings. The van der Waals surface area contributed by atoms with Crippen LogP contribution in [-0.4, -0.2) is 32.0 Å². The van der Waals surface area contributed by atoms with Crippen molar-refractivity contribution in [1.29, 1.82) is 0 Å². The molecule has 0 saturated heterocycles. The normalized spacial score (nSPS) is 18.8. The van der Waals surface area contributed by atoms with E-state index in [2.05, 4.69) is 17.4 Å². The largest absolute Gasteiger partial charge is 0.497 e. The minimum atomic E-state index is -0.509. The number of carbonyl (C=O) groups is 1. The third-order valence-corrected chi connectivity index (χ3v) is 6.30. The number of ether oxygens (including phenoxy) is 4. The van der Waals surface area contributed by atoms with Crippen LogP contribution in [0.4, 0.5) is 4.79 Å². The molecule has 0 bridgehead atoms. The molecule has 0 saturated carbocycles. The van der Waals surface area contributed by atoms with Gasteiger partial charge in [-0.3, -0.25) is 0 Å². The second-order valence-corrected chi connectivity index (χ2v) is 8.74. The SMILES string of the molecule is COc1ccc(O[C@H]2C=C[C@@H](c3ccccc3)O[C@@H]2COC(=O)NCc2cccc3ccccc23)cc1. The summed E-state index contributed by atoms with van der Waals surface area (Å²) in [7, 11) is 1.62. The number of alkyl carbamates (subject to hydrolysis) is 1. The molecule has 1 amide bonds. The molecule has 1 aliphatic rings. The Balaban J connectivity index is 1.24. The second-order valence-electron chi connectivity index (χ2n) is 8.74. The van der Waals surface area contributed by atoms with E-state index >= 15 is 0 Å². The molecule has 0 unspecified atom stereocenters. The fourth-order valence-electron chi connectivity index (χ4n) is 4.36. The predicted octanol–water partition coefficient (Wildman–Crippen LogP) is 6.22. The molecule has 0 radical (unpaired) electrons. The van der Waals surface area contributed by atoms with Gasteiger partial charge in [-0.15, -0.1) is 0 Å². The Labute approximate surface area is 216 Å². The molecule has 6 nitrogen and oxygen atoms in total. The van der Waals surface area contributed by atoms with Crippen LogP contribution in [0.3, 0.4) is 0 Å². The van der Waals surface area contributed by atoms with Gasteiger partial charge < -0.3 is 24.3 Å². The summed E-state index contributed by atoms with van der Waals surface area (Å²) in [6.45, 7) is 0.403. The van der Waals surface area contributed by atoms with Crippen LogP contribution in [0.25, 0.3) is 10.8 Å². The molecule has 188 valence electrons. The molecule has 5 rings (SSSR count). The Morgan fingerprint density at radius 3 is 2.38 bits per heavy atom. The van der Waals surface area contributed by atoms with Crippen molar-refractivity contribution >= 4 is 16.9 Å². The molecule has 0 aliphatic carbocycles. The highest BCUT2D eigenvalue weighted by Crippen LogP contribution is 2.29. The third kappa shape index (κ3) is 6.11. The molecular weight excluding hydrogens is 466 g/mol. The summed E-state index contributed by atoms with van der Waals surface area (Å²) in [5.74, 6) is 1.41. The first kappa shape index (κ1) is 24.4. The van der Waals surface area contributed by atoms with Crippen LogP contribution >= 0.6 is 0 Å². The zero-order valence-electron chi connectivity index (χ0n) is 20.6. The number of amides is 1. The lowest BCUT2D eigenvalue weighted by Gasteiger charge is -2.32. The maximum atomic E-state index is 12.6. The summed E-state index contributed by atoms with van der Waals surface area (Å²) >= 11 is 0. The molecule has 1 aliphatic heterocycles. The molecule has 4 aromatic rings. The van der Waals surface area contributed by atoms with Crippen molar-refractivity contribution in [3.05, 3.63) is 120 Å². The zero-order valence-corrected chi connectivity index (χ0v) is 20.6. The van der Waals surface area contributed by atoms with Crippen LogP contribution in [-0.2, 0) is 16.0 Å². The fourth-order valence-corrected chi connectivity index (χ4v) is 4.36. The van der Waals surface area contributed by atoms with Crippen molar-refractivity contribution in [3.63, 3.8) is 0 Å². The number of hydrogen-bond acceptors (Lipinski definition) is 5. The van der Waals surface area contributed by atoms with Gasteiger partial charge in [-0.05, 0) is 52.2 Å². The number of nitrogens with one attached hydrogen (secondary N) is 1. The smallest absolute Gasteiger partial charge is 0.407 e. The Bertz CT molecular complexity index is 1350. The zero-order chi connectivity index (χ0) is 25.5. The van der Waals surface area contributed by atoms with E-state index in [-0.39, 0.29) is 12.7 Å². The number of rotatable bonds is 8. The quantitative estimate of drug-likeness (QED) is 0.294. The van der Waals surface area contributed by atoms with E-state index in [4.69, 9.17) is 18.9 Å². The fraction of sp³-hybridized carbons (Fsp3) is 0.194. The minimum Gasteiger partial charge on any atom is -0.497 e. The van der Waals surface area contributed by atoms with E-state index in [9.17, 15) is 4.79 Å². The van der Waals surface area contributed by atoms with Crippen LogP contribution in [0.5, 0.6) is 11.5 Å². The monoisotopic (exact) mass is 495 g/mol. The highest BCUT2D eigenvalue weighted by Gasteiger charge is 2.31. The number of carbonyl (C=O) groups excluding carboxylic acids is 1. The van der Waals surface area contributed by atoms with Crippen molar-refractivity contribution in [1.82, 2.24) is 5.32 Å². The first-order valence-electron chi connectivity index (χ1n) is 12.3. The van der Waals surface area contributed by atoms with Gasteiger partial charge in [-0.1, -0.05) is 78.9 Å². The van der Waals surface area contributed by atoms with Gasteiger partial charge in [-0.25, -0.2) is 4.79 Å². The topological polar surface area (TPSA) is 66.0 Å². The summed E-state index contributed by atoms with van der Waals surface area (Å²) in [5.41, 5.74) is 2.05. The van der Waals surface area contributed by atoms with Crippen LogP contribution < -0.4 is 14.8 Å². The molecular formula is C31H29NO5. The molecule has 1 N–H and O–H groups in total. The van der Waals surface area contributed by atoms with Gasteiger partial charge in [0.1, 0.15) is 36.4 Å². The lowest BCUT2D eigenvalue weighted by molar-refractivity contribution is -0.0752. The van der Waals surface area contributed by atoms with Gasteiger partial charge in [0.2, 0.25) is 0 Å². The Hall–Kier alpha value is -4.29. The maximum Gasteiger partial charge on any atom is 0.407 e. The van der Waals surface area contributed by atoms with Crippen molar-refractivity contribution in [2.24, 2.45) is 0 Å². The summed E-state index contributed by atoms with van der Waals surface area (Å²) in [6.07, 6.45) is 2.24. The standard InChI is InChI=1S/C31H29NO5/c1-34-25-14-16-26(17-15-25)36-29-19-18-28(23-9-3-2-4-10-23)37-30(29)21-35-31(33)32-20-24-12-7-11-22-8-5-6-13-27(22)24/h2-19,28-30H,20-21H2,1H3,(H,32,33)/t28-,29-,30+/m0/s1. The van der Waals surface area contributed by atoms with Crippen molar-refractivity contribution in [2.45, 2.75) is 24.9 Å². The lowest BCUT2D eigenvalue weighted by atomic mass is 10.0. The number of methoxy groups -OCH3 is 1. The van der Waals surface area contributed by atoms with E-state index in [1.807, 2.05) is 97.1 Å². The Kier molecular flexibility index (Phi) is 7.67. The highest BCUT2D eigenvalue weighted by molar-refractivity contribution is 5.85. The molecule has 37 heavy (non-hydrogen) atoms. The first-order chi connectivity index (χ1) is 18.2. The van der Waals surface area contributed by atoms with Gasteiger partial charge in [-0.2, -0.15) is 0 Å². The first-order valence-corrected chi connectivity index (χ1v) is 12.3. The second kappa shape index (κ2) is 11.6. The van der Waals surface area contributed by atoms with Crippen molar-refractivity contribution in [2.75, 3.05) is 13.7 Å². The van der Waals surface area contributed by atoms with E-state index in [1.165, 1.54) is 0 Å². The highest BCUT2D eigenvalue weighted by atomic mass is 16.6. The average molecular weight is 496 g/mol. The van der Waals surface area contributed by atoms with Gasteiger partial charge >= 0.3 is 6.09 Å². The summed E-state index contributed by atoms with van der Waals surface area (Å²) in [6, 6.07) is 31.4. The number of benzene rings is 4. The molecule has 6 heteroatoms. The van der Waals surface area contributed by atoms with Crippen molar-refractivity contribution < 1.29 is 23.7 Å².